The number of furan rings is 1. The largest absolute Gasteiger partial charge is 0.506 e. The highest BCUT2D eigenvalue weighted by atomic mass is 32.2. The van der Waals surface area contributed by atoms with E-state index in [1.54, 1.807) is 12.2 Å². The van der Waals surface area contributed by atoms with Crippen LogP contribution < -0.4 is 0 Å². The molecule has 0 saturated carbocycles. The molecule has 0 saturated heterocycles. The minimum absolute atomic E-state index is 0.0200. The summed E-state index contributed by atoms with van der Waals surface area (Å²) in [6.45, 7) is 7.46. The van der Waals surface area contributed by atoms with Gasteiger partial charge in [-0.2, -0.15) is 0 Å². The molecule has 0 unspecified atom stereocenters. The molecular formula is C28H30FNO7S. The molecule has 0 radical (unpaired) electrons. The average molecular weight is 544 g/mol. The number of phenols is 1. The molecule has 3 aromatic rings. The lowest BCUT2D eigenvalue weighted by molar-refractivity contribution is 0.0596. The Hall–Kier alpha value is -3.76. The number of aromatic hydroxyl groups is 1. The minimum Gasteiger partial charge on any atom is -0.506 e. The van der Waals surface area contributed by atoms with Crippen LogP contribution in [0.3, 0.4) is 0 Å². The number of rotatable bonds is 11. The Morgan fingerprint density at radius 2 is 1.82 bits per heavy atom. The Balaban J connectivity index is 2.07. The minimum atomic E-state index is -4.11. The highest BCUT2D eigenvalue weighted by molar-refractivity contribution is 7.90. The van der Waals surface area contributed by atoms with Crippen LogP contribution in [-0.2, 0) is 20.3 Å². The van der Waals surface area contributed by atoms with E-state index in [-0.39, 0.29) is 38.5 Å². The second kappa shape index (κ2) is 12.2. The van der Waals surface area contributed by atoms with Gasteiger partial charge in [-0.05, 0) is 48.5 Å². The summed E-state index contributed by atoms with van der Waals surface area (Å²) in [6.07, 6.45) is 4.59. The molecule has 0 spiro atoms. The molecule has 2 aromatic carbocycles. The molecule has 0 aliphatic heterocycles. The summed E-state index contributed by atoms with van der Waals surface area (Å²) in [5.41, 5.74) is 0.140. The number of carbonyl (C=O) groups excluding carboxylic acids is 2. The van der Waals surface area contributed by atoms with E-state index in [1.807, 2.05) is 13.8 Å². The molecule has 8 nitrogen and oxygen atoms in total. The summed E-state index contributed by atoms with van der Waals surface area (Å²) in [7, 11) is -3.01. The van der Waals surface area contributed by atoms with E-state index in [9.17, 15) is 27.5 Å². The quantitative estimate of drug-likeness (QED) is 0.202. The molecule has 1 heterocycles. The van der Waals surface area contributed by atoms with Crippen LogP contribution in [-0.4, -0.2) is 56.9 Å². The van der Waals surface area contributed by atoms with Gasteiger partial charge in [0.2, 0.25) is 0 Å². The predicted molar refractivity (Wildman–Crippen MR) is 141 cm³/mol. The first kappa shape index (κ1) is 28.8. The number of methoxy groups -OCH3 is 1. The van der Waals surface area contributed by atoms with Gasteiger partial charge >= 0.3 is 5.97 Å². The fraction of sp³-hybridized carbons (Fsp3) is 0.286. The van der Waals surface area contributed by atoms with Crippen molar-refractivity contribution in [1.82, 2.24) is 4.90 Å². The molecule has 202 valence electrons. The third-order valence-electron chi connectivity index (χ3n) is 6.14. The van der Waals surface area contributed by atoms with Gasteiger partial charge in [-0.1, -0.05) is 38.1 Å². The molecule has 0 aliphatic carbocycles. The number of halogens is 1. The molecule has 0 fully saturated rings. The van der Waals surface area contributed by atoms with Crippen LogP contribution in [0.2, 0.25) is 0 Å². The van der Waals surface area contributed by atoms with E-state index in [4.69, 9.17) is 9.15 Å². The number of likely N-dealkylation sites (N-methyl/N-ethyl adjacent to an activating group) is 1. The van der Waals surface area contributed by atoms with Crippen molar-refractivity contribution in [3.05, 3.63) is 77.0 Å². The standard InChI is InChI=1S/C28H30FNO7S/c1-5-30(6-2)14-7-8-19-16-21(29)10-12-24(19)38(34,35)17-20-9-11-22(26(32)25(20)28(33)36-4)23-13-15-37-27(23)18(3)31/h7-13,15-16,32H,5-6,14,17H2,1-4H3. The summed E-state index contributed by atoms with van der Waals surface area (Å²) < 4.78 is 51.1. The highest BCUT2D eigenvalue weighted by Crippen LogP contribution is 2.38. The zero-order chi connectivity index (χ0) is 28.0. The third kappa shape index (κ3) is 6.20. The summed E-state index contributed by atoms with van der Waals surface area (Å²) in [5.74, 6) is -3.19. The number of esters is 1. The first-order valence-corrected chi connectivity index (χ1v) is 13.6. The molecule has 3 rings (SSSR count). The van der Waals surface area contributed by atoms with Crippen molar-refractivity contribution in [1.29, 1.82) is 0 Å². The van der Waals surface area contributed by atoms with Crippen LogP contribution in [0.1, 0.15) is 52.8 Å². The summed E-state index contributed by atoms with van der Waals surface area (Å²) >= 11 is 0. The van der Waals surface area contributed by atoms with Crippen LogP contribution in [0.4, 0.5) is 4.39 Å². The summed E-state index contributed by atoms with van der Waals surface area (Å²) in [4.78, 5) is 26.6. The van der Waals surface area contributed by atoms with Crippen molar-refractivity contribution < 1.29 is 36.7 Å². The van der Waals surface area contributed by atoms with Gasteiger partial charge in [0, 0.05) is 24.6 Å². The van der Waals surface area contributed by atoms with Gasteiger partial charge in [0.1, 0.15) is 17.1 Å². The van der Waals surface area contributed by atoms with Crippen molar-refractivity contribution in [3.63, 3.8) is 0 Å². The number of Topliss-reactive ketones (excluding diaryl/α,β-unsaturated/α-hetero) is 1. The molecule has 38 heavy (non-hydrogen) atoms. The van der Waals surface area contributed by atoms with Gasteiger partial charge in [0.05, 0.1) is 24.0 Å². The van der Waals surface area contributed by atoms with E-state index in [0.29, 0.717) is 6.54 Å². The van der Waals surface area contributed by atoms with Crippen molar-refractivity contribution in [3.8, 4) is 16.9 Å². The molecular weight excluding hydrogens is 513 g/mol. The highest BCUT2D eigenvalue weighted by Gasteiger charge is 2.28. The molecule has 0 atom stereocenters. The number of nitrogens with zero attached hydrogens (tertiary/aromatic N) is 1. The zero-order valence-corrected chi connectivity index (χ0v) is 22.5. The van der Waals surface area contributed by atoms with E-state index in [2.05, 4.69) is 4.90 Å². The fourth-order valence-corrected chi connectivity index (χ4v) is 5.69. The number of benzene rings is 2. The number of carbonyl (C=O) groups is 2. The van der Waals surface area contributed by atoms with Crippen molar-refractivity contribution >= 4 is 27.7 Å². The lowest BCUT2D eigenvalue weighted by atomic mass is 9.97. The maximum atomic E-state index is 14.1. The number of sulfone groups is 1. The molecule has 0 bridgehead atoms. The van der Waals surface area contributed by atoms with Crippen molar-refractivity contribution in [2.24, 2.45) is 0 Å². The first-order valence-electron chi connectivity index (χ1n) is 12.0. The smallest absolute Gasteiger partial charge is 0.341 e. The SMILES string of the molecule is CCN(CC)CC=Cc1cc(F)ccc1S(=O)(=O)Cc1ccc(-c2ccoc2C(C)=O)c(O)c1C(=O)OC. The molecule has 10 heteroatoms. The van der Waals surface area contributed by atoms with E-state index < -0.39 is 38.9 Å². The van der Waals surface area contributed by atoms with Gasteiger partial charge in [0.15, 0.2) is 21.4 Å². The van der Waals surface area contributed by atoms with Gasteiger partial charge in [-0.25, -0.2) is 17.6 Å². The molecule has 1 aromatic heterocycles. The summed E-state index contributed by atoms with van der Waals surface area (Å²) in [5, 5.41) is 11.0. The first-order chi connectivity index (χ1) is 18.0. The molecule has 0 aliphatic rings. The van der Waals surface area contributed by atoms with Crippen LogP contribution in [0.15, 0.2) is 58.1 Å². The van der Waals surface area contributed by atoms with Crippen molar-refractivity contribution in [2.75, 3.05) is 26.7 Å². The van der Waals surface area contributed by atoms with Crippen LogP contribution in [0.5, 0.6) is 5.75 Å². The van der Waals surface area contributed by atoms with E-state index >= 15 is 0 Å². The van der Waals surface area contributed by atoms with Crippen LogP contribution in [0, 0.1) is 5.82 Å². The lowest BCUT2D eigenvalue weighted by Gasteiger charge is -2.16. The number of ether oxygens (including phenoxy) is 1. The second-order valence-electron chi connectivity index (χ2n) is 8.54. The predicted octanol–water partition coefficient (Wildman–Crippen LogP) is 5.11. The van der Waals surface area contributed by atoms with E-state index in [0.717, 1.165) is 32.3 Å². The number of hydrogen-bond donors (Lipinski definition) is 1. The maximum Gasteiger partial charge on any atom is 0.341 e. The zero-order valence-electron chi connectivity index (χ0n) is 21.7. The van der Waals surface area contributed by atoms with Crippen molar-refractivity contribution in [2.45, 2.75) is 31.4 Å². The molecule has 1 N–H and O–H groups in total. The Kier molecular flexibility index (Phi) is 9.24. The van der Waals surface area contributed by atoms with Gasteiger partial charge < -0.3 is 19.2 Å². The summed E-state index contributed by atoms with van der Waals surface area (Å²) in [6, 6.07) is 7.60. The second-order valence-corrected chi connectivity index (χ2v) is 10.5. The monoisotopic (exact) mass is 543 g/mol. The Morgan fingerprint density at radius 1 is 1.11 bits per heavy atom. The van der Waals surface area contributed by atoms with E-state index in [1.165, 1.54) is 37.5 Å². The maximum absolute atomic E-state index is 14.1. The normalized spacial score (nSPS) is 11.8. The lowest BCUT2D eigenvalue weighted by Crippen LogP contribution is -2.22. The average Bonchev–Trinajstić information content (AvgIpc) is 3.36. The van der Waals surface area contributed by atoms with Crippen LogP contribution >= 0.6 is 0 Å². The Labute approximate surface area is 221 Å². The number of ketones is 1. The third-order valence-corrected chi connectivity index (χ3v) is 7.87. The molecule has 0 amide bonds. The topological polar surface area (TPSA) is 114 Å². The Morgan fingerprint density at radius 3 is 2.45 bits per heavy atom. The Bertz CT molecular complexity index is 1470. The fourth-order valence-electron chi connectivity index (χ4n) is 4.12. The van der Waals surface area contributed by atoms with Gasteiger partial charge in [0.25, 0.3) is 0 Å². The number of phenolic OH excluding ortho intramolecular Hbond substituents is 1. The van der Waals surface area contributed by atoms with Gasteiger partial charge in [-0.3, -0.25) is 4.79 Å². The number of hydrogen-bond acceptors (Lipinski definition) is 8. The van der Waals surface area contributed by atoms with Gasteiger partial charge in [-0.15, -0.1) is 0 Å². The van der Waals surface area contributed by atoms with Crippen LogP contribution in [0.25, 0.3) is 17.2 Å².